The fourth-order valence-corrected chi connectivity index (χ4v) is 3.54. The van der Waals surface area contributed by atoms with Crippen molar-refractivity contribution in [2.75, 3.05) is 19.3 Å². The molecule has 1 aliphatic heterocycles. The lowest BCUT2D eigenvalue weighted by atomic mass is 10.1. The van der Waals surface area contributed by atoms with Gasteiger partial charge in [0.1, 0.15) is 5.82 Å². The second-order valence-corrected chi connectivity index (χ2v) is 7.44. The zero-order valence-electron chi connectivity index (χ0n) is 11.7. The molecule has 1 aromatic heterocycles. The van der Waals surface area contributed by atoms with E-state index in [0.717, 1.165) is 18.4 Å². The van der Waals surface area contributed by atoms with Gasteiger partial charge in [0.05, 0.1) is 22.9 Å². The van der Waals surface area contributed by atoms with Gasteiger partial charge in [-0.25, -0.2) is 17.7 Å². The lowest BCUT2D eigenvalue weighted by Gasteiger charge is -2.11. The third-order valence-corrected chi connectivity index (χ3v) is 5.10. The molecule has 120 valence electrons. The van der Waals surface area contributed by atoms with Crippen LogP contribution in [0.25, 0.3) is 11.0 Å². The maximum Gasteiger partial charge on any atom is 0.416 e. The molecule has 0 bridgehead atoms. The van der Waals surface area contributed by atoms with Gasteiger partial charge >= 0.3 is 6.18 Å². The average molecular weight is 333 g/mol. The topological polar surface area (TPSA) is 66.1 Å². The summed E-state index contributed by atoms with van der Waals surface area (Å²) in [5.41, 5.74) is 0.0165. The molecule has 0 radical (unpaired) electrons. The minimum atomic E-state index is -4.40. The highest BCUT2D eigenvalue weighted by molar-refractivity contribution is 7.88. The first-order chi connectivity index (χ1) is 10.1. The summed E-state index contributed by atoms with van der Waals surface area (Å²) in [4.78, 5) is 7.18. The van der Waals surface area contributed by atoms with Crippen molar-refractivity contribution in [2.24, 2.45) is 0 Å². The Morgan fingerprint density at radius 1 is 1.36 bits per heavy atom. The largest absolute Gasteiger partial charge is 0.416 e. The number of hydrogen-bond donors (Lipinski definition) is 1. The van der Waals surface area contributed by atoms with E-state index in [4.69, 9.17) is 0 Å². The van der Waals surface area contributed by atoms with Crippen molar-refractivity contribution in [3.8, 4) is 0 Å². The highest BCUT2D eigenvalue weighted by Crippen LogP contribution is 2.32. The van der Waals surface area contributed by atoms with E-state index in [1.165, 1.54) is 10.4 Å². The van der Waals surface area contributed by atoms with E-state index in [0.29, 0.717) is 36.4 Å². The van der Waals surface area contributed by atoms with E-state index in [1.807, 2.05) is 0 Å². The number of halogens is 3. The number of imidazole rings is 1. The standard InChI is InChI=1S/C13H14F3N3O2S/c1-22(20,21)19-5-4-8(7-19)12-17-10-3-2-9(13(14,15)16)6-11(10)18-12/h2-3,6,8H,4-5,7H2,1H3,(H,17,18)/t8-/m0/s1. The van der Waals surface area contributed by atoms with Crippen LogP contribution in [0, 0.1) is 0 Å². The number of rotatable bonds is 2. The Kier molecular flexibility index (Phi) is 3.44. The third kappa shape index (κ3) is 2.82. The van der Waals surface area contributed by atoms with Gasteiger partial charge in [0.15, 0.2) is 0 Å². The Labute approximate surface area is 125 Å². The highest BCUT2D eigenvalue weighted by Gasteiger charge is 2.33. The normalized spacial score (nSPS) is 20.8. The predicted octanol–water partition coefficient (Wildman–Crippen LogP) is 2.33. The van der Waals surface area contributed by atoms with Crippen molar-refractivity contribution in [3.63, 3.8) is 0 Å². The van der Waals surface area contributed by atoms with Crippen LogP contribution in [0.15, 0.2) is 18.2 Å². The van der Waals surface area contributed by atoms with E-state index >= 15 is 0 Å². The van der Waals surface area contributed by atoms with Gasteiger partial charge in [0.25, 0.3) is 0 Å². The van der Waals surface area contributed by atoms with Gasteiger partial charge in [0, 0.05) is 19.0 Å². The van der Waals surface area contributed by atoms with Crippen LogP contribution in [0.5, 0.6) is 0 Å². The van der Waals surface area contributed by atoms with Crippen molar-refractivity contribution in [1.29, 1.82) is 0 Å². The van der Waals surface area contributed by atoms with Crippen LogP contribution in [-0.4, -0.2) is 42.0 Å². The summed E-state index contributed by atoms with van der Waals surface area (Å²) >= 11 is 0. The van der Waals surface area contributed by atoms with Crippen LogP contribution in [0.3, 0.4) is 0 Å². The molecule has 1 atom stereocenters. The number of aromatic amines is 1. The van der Waals surface area contributed by atoms with Gasteiger partial charge in [0.2, 0.25) is 10.0 Å². The third-order valence-electron chi connectivity index (χ3n) is 3.83. The van der Waals surface area contributed by atoms with E-state index in [9.17, 15) is 21.6 Å². The molecule has 0 amide bonds. The van der Waals surface area contributed by atoms with E-state index < -0.39 is 21.8 Å². The monoisotopic (exact) mass is 333 g/mol. The van der Waals surface area contributed by atoms with Crippen molar-refractivity contribution in [3.05, 3.63) is 29.6 Å². The van der Waals surface area contributed by atoms with Crippen LogP contribution in [-0.2, 0) is 16.2 Å². The molecule has 2 heterocycles. The first kappa shape index (κ1) is 15.3. The molecule has 1 fully saturated rings. The molecule has 5 nitrogen and oxygen atoms in total. The van der Waals surface area contributed by atoms with Crippen LogP contribution >= 0.6 is 0 Å². The average Bonchev–Trinajstić information content (AvgIpc) is 3.02. The van der Waals surface area contributed by atoms with Crippen LogP contribution in [0.2, 0.25) is 0 Å². The molecule has 0 saturated carbocycles. The quantitative estimate of drug-likeness (QED) is 0.917. The van der Waals surface area contributed by atoms with E-state index in [-0.39, 0.29) is 5.92 Å². The number of nitrogens with one attached hydrogen (secondary N) is 1. The summed E-state index contributed by atoms with van der Waals surface area (Å²) < 4.78 is 62.5. The molecule has 0 spiro atoms. The number of alkyl halides is 3. The van der Waals surface area contributed by atoms with Gasteiger partial charge in [-0.3, -0.25) is 0 Å². The number of hydrogen-bond acceptors (Lipinski definition) is 3. The fraction of sp³-hybridized carbons (Fsp3) is 0.462. The van der Waals surface area contributed by atoms with Crippen LogP contribution < -0.4 is 0 Å². The molecule has 0 aliphatic carbocycles. The van der Waals surface area contributed by atoms with Crippen LogP contribution in [0.4, 0.5) is 13.2 Å². The number of H-pyrrole nitrogens is 1. The van der Waals surface area contributed by atoms with Crippen molar-refractivity contribution in [2.45, 2.75) is 18.5 Å². The Bertz CT molecular complexity index is 814. The summed E-state index contributed by atoms with van der Waals surface area (Å²) in [5.74, 6) is 0.400. The Morgan fingerprint density at radius 3 is 2.68 bits per heavy atom. The molecule has 1 aromatic carbocycles. The summed E-state index contributed by atoms with van der Waals surface area (Å²) in [7, 11) is -3.26. The lowest BCUT2D eigenvalue weighted by molar-refractivity contribution is -0.137. The summed E-state index contributed by atoms with van der Waals surface area (Å²) in [6, 6.07) is 3.33. The second kappa shape index (κ2) is 4.95. The summed E-state index contributed by atoms with van der Waals surface area (Å²) in [5, 5.41) is 0. The first-order valence-corrected chi connectivity index (χ1v) is 8.51. The van der Waals surface area contributed by atoms with E-state index in [1.54, 1.807) is 0 Å². The lowest BCUT2D eigenvalue weighted by Crippen LogP contribution is -2.27. The smallest absolute Gasteiger partial charge is 0.342 e. The van der Waals surface area contributed by atoms with Gasteiger partial charge in [-0.15, -0.1) is 0 Å². The zero-order valence-corrected chi connectivity index (χ0v) is 12.5. The SMILES string of the molecule is CS(=O)(=O)N1CC[C@H](c2nc3ccc(C(F)(F)F)cc3[nH]2)C1. The van der Waals surface area contributed by atoms with Crippen molar-refractivity contribution >= 4 is 21.1 Å². The number of nitrogens with zero attached hydrogens (tertiary/aromatic N) is 2. The number of sulfonamides is 1. The summed E-state index contributed by atoms with van der Waals surface area (Å²) in [6.07, 6.45) is -2.66. The van der Waals surface area contributed by atoms with Gasteiger partial charge < -0.3 is 4.98 Å². The second-order valence-electron chi connectivity index (χ2n) is 5.46. The molecule has 1 aliphatic rings. The number of benzene rings is 1. The maximum atomic E-state index is 12.7. The summed E-state index contributed by atoms with van der Waals surface area (Å²) in [6.45, 7) is 0.694. The predicted molar refractivity (Wildman–Crippen MR) is 74.9 cm³/mol. The molecule has 1 saturated heterocycles. The molecular formula is C13H14F3N3O2S. The van der Waals surface area contributed by atoms with Crippen molar-refractivity contribution < 1.29 is 21.6 Å². The Morgan fingerprint density at radius 2 is 2.09 bits per heavy atom. The zero-order chi connectivity index (χ0) is 16.1. The minimum Gasteiger partial charge on any atom is -0.342 e. The number of fused-ring (bicyclic) bond motifs is 1. The van der Waals surface area contributed by atoms with Gasteiger partial charge in [-0.05, 0) is 24.6 Å². The number of aromatic nitrogens is 2. The molecule has 2 aromatic rings. The highest BCUT2D eigenvalue weighted by atomic mass is 32.2. The Hall–Kier alpha value is -1.61. The van der Waals surface area contributed by atoms with Crippen molar-refractivity contribution in [1.82, 2.24) is 14.3 Å². The molecule has 0 unspecified atom stereocenters. The minimum absolute atomic E-state index is 0.128. The molecule has 9 heteroatoms. The molecular weight excluding hydrogens is 319 g/mol. The molecule has 1 N–H and O–H groups in total. The molecule has 22 heavy (non-hydrogen) atoms. The fourth-order valence-electron chi connectivity index (χ4n) is 2.65. The van der Waals surface area contributed by atoms with Gasteiger partial charge in [-0.1, -0.05) is 0 Å². The van der Waals surface area contributed by atoms with Gasteiger partial charge in [-0.2, -0.15) is 13.2 Å². The Balaban J connectivity index is 1.90. The first-order valence-electron chi connectivity index (χ1n) is 6.66. The van der Waals surface area contributed by atoms with E-state index in [2.05, 4.69) is 9.97 Å². The molecule has 3 rings (SSSR count). The maximum absolute atomic E-state index is 12.7. The van der Waals surface area contributed by atoms with Crippen LogP contribution in [0.1, 0.15) is 23.7 Å².